The minimum absolute atomic E-state index is 0.0887. The van der Waals surface area contributed by atoms with Gasteiger partial charge >= 0.3 is 6.09 Å². The summed E-state index contributed by atoms with van der Waals surface area (Å²) in [7, 11) is -3.59. The molecule has 2 heterocycles. The van der Waals surface area contributed by atoms with Gasteiger partial charge in [0.1, 0.15) is 0 Å². The molecule has 2 aliphatic heterocycles. The first kappa shape index (κ1) is 21.8. The number of carbonyl (C=O) groups is 2. The van der Waals surface area contributed by atoms with E-state index in [-0.39, 0.29) is 30.0 Å². The highest BCUT2D eigenvalue weighted by Gasteiger charge is 2.31. The molecule has 2 amide bonds. The molecule has 1 fully saturated rings. The zero-order valence-corrected chi connectivity index (χ0v) is 18.6. The lowest BCUT2D eigenvalue weighted by molar-refractivity contribution is -0.129. The molecule has 10 heteroatoms. The van der Waals surface area contributed by atoms with Crippen LogP contribution in [0, 0.1) is 0 Å². The van der Waals surface area contributed by atoms with Gasteiger partial charge < -0.3 is 14.5 Å². The van der Waals surface area contributed by atoms with E-state index in [0.29, 0.717) is 44.8 Å². The largest absolute Gasteiger partial charge is 0.450 e. The highest BCUT2D eigenvalue weighted by atomic mass is 79.9. The molecule has 0 N–H and O–H groups in total. The van der Waals surface area contributed by atoms with Crippen molar-refractivity contribution in [2.24, 2.45) is 0 Å². The van der Waals surface area contributed by atoms with Crippen molar-refractivity contribution < 1.29 is 22.7 Å². The van der Waals surface area contributed by atoms with Crippen LogP contribution >= 0.6 is 15.9 Å². The maximum atomic E-state index is 12.8. The van der Waals surface area contributed by atoms with Gasteiger partial charge in [0.15, 0.2) is 0 Å². The first-order chi connectivity index (χ1) is 13.8. The first-order valence-electron chi connectivity index (χ1n) is 9.48. The van der Waals surface area contributed by atoms with Crippen molar-refractivity contribution in [1.29, 1.82) is 0 Å². The van der Waals surface area contributed by atoms with Gasteiger partial charge in [0, 0.05) is 49.3 Å². The Balaban J connectivity index is 1.59. The molecule has 3 rings (SSSR count). The van der Waals surface area contributed by atoms with Gasteiger partial charge in [-0.05, 0) is 37.6 Å². The van der Waals surface area contributed by atoms with Gasteiger partial charge in [0.2, 0.25) is 15.9 Å². The Kier molecular flexibility index (Phi) is 6.97. The Morgan fingerprint density at radius 2 is 1.66 bits per heavy atom. The van der Waals surface area contributed by atoms with Crippen LogP contribution in [0.2, 0.25) is 0 Å². The zero-order chi connectivity index (χ0) is 21.0. The van der Waals surface area contributed by atoms with Crippen molar-refractivity contribution in [3.63, 3.8) is 0 Å². The van der Waals surface area contributed by atoms with Crippen molar-refractivity contribution in [2.45, 2.75) is 18.2 Å². The molecule has 2 aliphatic rings. The molecule has 0 unspecified atom stereocenters. The van der Waals surface area contributed by atoms with Gasteiger partial charge in [-0.2, -0.15) is 4.31 Å². The van der Waals surface area contributed by atoms with Gasteiger partial charge in [-0.1, -0.05) is 22.0 Å². The fourth-order valence-corrected chi connectivity index (χ4v) is 4.97. The molecular weight excluding hydrogens is 462 g/mol. The average molecular weight is 486 g/mol. The molecule has 1 aromatic carbocycles. The van der Waals surface area contributed by atoms with E-state index in [0.717, 1.165) is 4.47 Å². The van der Waals surface area contributed by atoms with E-state index in [9.17, 15) is 18.0 Å². The molecule has 8 nitrogen and oxygen atoms in total. The Morgan fingerprint density at radius 3 is 2.21 bits per heavy atom. The maximum Gasteiger partial charge on any atom is 0.409 e. The van der Waals surface area contributed by atoms with Crippen molar-refractivity contribution in [3.05, 3.63) is 40.4 Å². The third kappa shape index (κ3) is 4.99. The van der Waals surface area contributed by atoms with Crippen molar-refractivity contribution in [2.75, 3.05) is 45.9 Å². The second-order valence-corrected chi connectivity index (χ2v) is 9.63. The first-order valence-corrected chi connectivity index (χ1v) is 11.7. The number of carbonyl (C=O) groups excluding carboxylic acids is 2. The topological polar surface area (TPSA) is 87.2 Å². The van der Waals surface area contributed by atoms with Crippen LogP contribution in [-0.2, 0) is 19.6 Å². The number of benzene rings is 1. The summed E-state index contributed by atoms with van der Waals surface area (Å²) in [4.78, 5) is 28.1. The Hall–Kier alpha value is -1.91. The number of nitrogens with zero attached hydrogens (tertiary/aromatic N) is 3. The number of hydrogen-bond donors (Lipinski definition) is 0. The van der Waals surface area contributed by atoms with E-state index in [1.54, 1.807) is 47.1 Å². The number of sulfonamides is 1. The molecule has 1 aromatic rings. The number of piperazine rings is 1. The second kappa shape index (κ2) is 9.27. The van der Waals surface area contributed by atoms with Crippen molar-refractivity contribution in [3.8, 4) is 0 Å². The third-order valence-electron chi connectivity index (χ3n) is 4.99. The predicted octanol–water partition coefficient (Wildman–Crippen LogP) is 2.07. The number of amides is 2. The Morgan fingerprint density at radius 1 is 1.03 bits per heavy atom. The van der Waals surface area contributed by atoms with Gasteiger partial charge in [0.05, 0.1) is 11.5 Å². The lowest BCUT2D eigenvalue weighted by atomic mass is 10.1. The summed E-state index contributed by atoms with van der Waals surface area (Å²) in [5, 5.41) is 0. The smallest absolute Gasteiger partial charge is 0.409 e. The fourth-order valence-electron chi connectivity index (χ4n) is 3.33. The number of hydrogen-bond acceptors (Lipinski definition) is 5. The normalized spacial score (nSPS) is 18.3. The third-order valence-corrected chi connectivity index (χ3v) is 7.40. The van der Waals surface area contributed by atoms with E-state index in [1.165, 1.54) is 4.31 Å². The SMILES string of the molecule is CCOC(=O)N1CCN(C(=O)C2=CCN(S(=O)(=O)c3ccc(Br)cc3)CC2)CC1. The molecule has 158 valence electrons. The van der Waals surface area contributed by atoms with Gasteiger partial charge in [0.25, 0.3) is 0 Å². The molecule has 0 radical (unpaired) electrons. The summed E-state index contributed by atoms with van der Waals surface area (Å²) in [5.74, 6) is -0.0887. The molecule has 0 aliphatic carbocycles. The zero-order valence-electron chi connectivity index (χ0n) is 16.2. The van der Waals surface area contributed by atoms with Crippen LogP contribution in [-0.4, -0.2) is 80.4 Å². The van der Waals surface area contributed by atoms with Crippen molar-refractivity contribution in [1.82, 2.24) is 14.1 Å². The van der Waals surface area contributed by atoms with Crippen LogP contribution in [0.3, 0.4) is 0 Å². The minimum Gasteiger partial charge on any atom is -0.450 e. The Bertz CT molecular complexity index is 893. The lowest BCUT2D eigenvalue weighted by Crippen LogP contribution is -2.51. The quantitative estimate of drug-likeness (QED) is 0.651. The molecule has 0 aromatic heterocycles. The maximum absolute atomic E-state index is 12.8. The van der Waals surface area contributed by atoms with Crippen molar-refractivity contribution >= 4 is 38.0 Å². The van der Waals surface area contributed by atoms with E-state index in [1.807, 2.05) is 0 Å². The summed E-state index contributed by atoms with van der Waals surface area (Å²) in [6.07, 6.45) is 1.71. The van der Waals surface area contributed by atoms with Crippen LogP contribution in [0.5, 0.6) is 0 Å². The van der Waals surface area contributed by atoms with E-state index in [2.05, 4.69) is 15.9 Å². The second-order valence-electron chi connectivity index (χ2n) is 6.77. The molecule has 1 saturated heterocycles. The van der Waals surface area contributed by atoms with E-state index in [4.69, 9.17) is 4.74 Å². The van der Waals surface area contributed by atoms with Crippen LogP contribution in [0.1, 0.15) is 13.3 Å². The van der Waals surface area contributed by atoms with E-state index < -0.39 is 10.0 Å². The summed E-state index contributed by atoms with van der Waals surface area (Å²) in [6.45, 7) is 4.26. The highest BCUT2D eigenvalue weighted by molar-refractivity contribution is 9.10. The summed E-state index contributed by atoms with van der Waals surface area (Å²) < 4.78 is 32.7. The van der Waals surface area contributed by atoms with Crippen LogP contribution in [0.25, 0.3) is 0 Å². The number of halogens is 1. The highest BCUT2D eigenvalue weighted by Crippen LogP contribution is 2.23. The number of ether oxygens (including phenoxy) is 1. The van der Waals surface area contributed by atoms with Crippen LogP contribution in [0.4, 0.5) is 4.79 Å². The molecule has 0 spiro atoms. The van der Waals surface area contributed by atoms with Gasteiger partial charge in [-0.3, -0.25) is 4.79 Å². The minimum atomic E-state index is -3.59. The predicted molar refractivity (Wildman–Crippen MR) is 111 cm³/mol. The summed E-state index contributed by atoms with van der Waals surface area (Å²) in [5.41, 5.74) is 0.622. The summed E-state index contributed by atoms with van der Waals surface area (Å²) in [6, 6.07) is 6.51. The van der Waals surface area contributed by atoms with E-state index >= 15 is 0 Å². The number of rotatable bonds is 4. The lowest BCUT2D eigenvalue weighted by Gasteiger charge is -2.35. The summed E-state index contributed by atoms with van der Waals surface area (Å²) >= 11 is 3.30. The standard InChI is InChI=1S/C19H24BrN3O5S/c1-2-28-19(25)22-13-11-21(12-14-22)18(24)15-7-9-23(10-8-15)29(26,27)17-5-3-16(20)4-6-17/h3-7H,2,8-14H2,1H3. The molecule has 0 atom stereocenters. The van der Waals surface area contributed by atoms with Crippen LogP contribution in [0.15, 0.2) is 45.3 Å². The van der Waals surface area contributed by atoms with Gasteiger partial charge in [-0.15, -0.1) is 0 Å². The molecule has 0 saturated carbocycles. The fraction of sp³-hybridized carbons (Fsp3) is 0.474. The van der Waals surface area contributed by atoms with Crippen LogP contribution < -0.4 is 0 Å². The monoisotopic (exact) mass is 485 g/mol. The Labute approximate surface area is 179 Å². The average Bonchev–Trinajstić information content (AvgIpc) is 2.74. The molecule has 0 bridgehead atoms. The molecular formula is C19H24BrN3O5S. The molecule has 29 heavy (non-hydrogen) atoms. The van der Waals surface area contributed by atoms with Gasteiger partial charge in [-0.25, -0.2) is 13.2 Å².